The van der Waals surface area contributed by atoms with Crippen LogP contribution in [0.25, 0.3) is 0 Å². The van der Waals surface area contributed by atoms with Crippen LogP contribution in [-0.2, 0) is 0 Å². The van der Waals surface area contributed by atoms with Crippen molar-refractivity contribution in [3.8, 4) is 0 Å². The summed E-state index contributed by atoms with van der Waals surface area (Å²) in [6.07, 6.45) is 5.39. The second-order valence-electron chi connectivity index (χ2n) is 7.22. The molecule has 1 saturated heterocycles. The standard InChI is InChI=1S/C19H33N5O2.HI/c1-4-20-18(22-11-10-21-17(25)16-9-8-14-26-16)23-15-19(2,3)24-12-6-5-7-13-24;/h8-9,14H,4-7,10-13,15H2,1-3H3,(H,21,25)(H2,20,22,23);1H. The SMILES string of the molecule is CCNC(=NCC(C)(C)N1CCCCC1)NCCNC(=O)c1ccco1.I. The number of halogens is 1. The van der Waals surface area contributed by atoms with Crippen molar-refractivity contribution in [3.63, 3.8) is 0 Å². The lowest BCUT2D eigenvalue weighted by molar-refractivity contribution is 0.0926. The highest BCUT2D eigenvalue weighted by Crippen LogP contribution is 2.20. The predicted molar refractivity (Wildman–Crippen MR) is 120 cm³/mol. The summed E-state index contributed by atoms with van der Waals surface area (Å²) in [4.78, 5) is 19.1. The summed E-state index contributed by atoms with van der Waals surface area (Å²) in [6, 6.07) is 3.35. The zero-order valence-corrected chi connectivity index (χ0v) is 19.0. The number of aliphatic imine (C=N–C) groups is 1. The number of carbonyl (C=O) groups excluding carboxylic acids is 1. The number of carbonyl (C=O) groups is 1. The third-order valence-corrected chi connectivity index (χ3v) is 4.63. The van der Waals surface area contributed by atoms with E-state index in [4.69, 9.17) is 9.41 Å². The summed E-state index contributed by atoms with van der Waals surface area (Å²) in [6.45, 7) is 11.5. The van der Waals surface area contributed by atoms with Gasteiger partial charge in [-0.05, 0) is 58.8 Å². The highest BCUT2D eigenvalue weighted by molar-refractivity contribution is 14.0. The Morgan fingerprint density at radius 2 is 1.89 bits per heavy atom. The van der Waals surface area contributed by atoms with Crippen molar-refractivity contribution in [3.05, 3.63) is 24.2 Å². The first-order valence-electron chi connectivity index (χ1n) is 9.62. The number of likely N-dealkylation sites (tertiary alicyclic amines) is 1. The topological polar surface area (TPSA) is 81.9 Å². The molecule has 0 aromatic carbocycles. The normalized spacial score (nSPS) is 15.7. The van der Waals surface area contributed by atoms with Crippen molar-refractivity contribution >= 4 is 35.8 Å². The van der Waals surface area contributed by atoms with Crippen LogP contribution in [0.5, 0.6) is 0 Å². The minimum Gasteiger partial charge on any atom is -0.459 e. The highest BCUT2D eigenvalue weighted by atomic mass is 127. The van der Waals surface area contributed by atoms with E-state index < -0.39 is 0 Å². The molecule has 1 fully saturated rings. The van der Waals surface area contributed by atoms with Gasteiger partial charge in [-0.1, -0.05) is 6.42 Å². The van der Waals surface area contributed by atoms with Gasteiger partial charge in [0.15, 0.2) is 11.7 Å². The van der Waals surface area contributed by atoms with Gasteiger partial charge >= 0.3 is 0 Å². The van der Waals surface area contributed by atoms with Crippen LogP contribution in [0.1, 0.15) is 50.6 Å². The van der Waals surface area contributed by atoms with E-state index in [1.807, 2.05) is 6.92 Å². The number of furan rings is 1. The Labute approximate surface area is 179 Å². The Balaban J connectivity index is 0.00000364. The maximum atomic E-state index is 11.8. The Kier molecular flexibility index (Phi) is 10.8. The van der Waals surface area contributed by atoms with Crippen LogP contribution in [0.3, 0.4) is 0 Å². The van der Waals surface area contributed by atoms with Crippen molar-refractivity contribution in [1.82, 2.24) is 20.9 Å². The Bertz CT molecular complexity index is 569. The number of hydrogen-bond acceptors (Lipinski definition) is 4. The van der Waals surface area contributed by atoms with E-state index in [-0.39, 0.29) is 35.4 Å². The number of piperidine rings is 1. The third kappa shape index (κ3) is 8.08. The van der Waals surface area contributed by atoms with Gasteiger partial charge in [-0.3, -0.25) is 14.7 Å². The molecule has 0 spiro atoms. The third-order valence-electron chi connectivity index (χ3n) is 4.63. The lowest BCUT2D eigenvalue weighted by atomic mass is 9.99. The van der Waals surface area contributed by atoms with Gasteiger partial charge in [0.2, 0.25) is 0 Å². The molecule has 1 amide bonds. The fraction of sp³-hybridized carbons (Fsp3) is 0.684. The van der Waals surface area contributed by atoms with Gasteiger partial charge in [0.25, 0.3) is 5.91 Å². The Hall–Kier alpha value is -1.29. The van der Waals surface area contributed by atoms with Crippen LogP contribution in [0, 0.1) is 0 Å². The first kappa shape index (κ1) is 23.7. The predicted octanol–water partition coefficient (Wildman–Crippen LogP) is 2.45. The average Bonchev–Trinajstić information content (AvgIpc) is 3.18. The largest absolute Gasteiger partial charge is 0.459 e. The van der Waals surface area contributed by atoms with E-state index in [1.54, 1.807) is 12.1 Å². The molecule has 7 nitrogen and oxygen atoms in total. The molecular formula is C19H34IN5O2. The highest BCUT2D eigenvalue weighted by Gasteiger charge is 2.27. The average molecular weight is 491 g/mol. The van der Waals surface area contributed by atoms with Gasteiger partial charge < -0.3 is 20.4 Å². The molecule has 1 aliphatic rings. The lowest BCUT2D eigenvalue weighted by Crippen LogP contribution is -2.50. The van der Waals surface area contributed by atoms with Gasteiger partial charge in [-0.15, -0.1) is 24.0 Å². The number of nitrogens with zero attached hydrogens (tertiary/aromatic N) is 2. The van der Waals surface area contributed by atoms with E-state index in [2.05, 4.69) is 34.7 Å². The van der Waals surface area contributed by atoms with Crippen LogP contribution in [-0.4, -0.2) is 61.6 Å². The quantitative estimate of drug-likeness (QED) is 0.225. The molecule has 27 heavy (non-hydrogen) atoms. The van der Waals surface area contributed by atoms with Crippen LogP contribution in [0.2, 0.25) is 0 Å². The molecule has 0 radical (unpaired) electrons. The number of nitrogens with one attached hydrogen (secondary N) is 3. The molecule has 1 aliphatic heterocycles. The van der Waals surface area contributed by atoms with Crippen molar-refractivity contribution in [2.75, 3.05) is 39.3 Å². The van der Waals surface area contributed by atoms with E-state index in [0.717, 1.165) is 32.1 Å². The van der Waals surface area contributed by atoms with E-state index in [9.17, 15) is 4.79 Å². The molecule has 1 aromatic rings. The van der Waals surface area contributed by atoms with Crippen molar-refractivity contribution in [2.24, 2.45) is 4.99 Å². The molecule has 3 N–H and O–H groups in total. The van der Waals surface area contributed by atoms with Crippen molar-refractivity contribution in [1.29, 1.82) is 0 Å². The smallest absolute Gasteiger partial charge is 0.287 e. The molecule has 0 unspecified atom stereocenters. The summed E-state index contributed by atoms with van der Waals surface area (Å²) in [7, 11) is 0. The summed E-state index contributed by atoms with van der Waals surface area (Å²) >= 11 is 0. The summed E-state index contributed by atoms with van der Waals surface area (Å²) in [5.41, 5.74) is 0.0519. The molecular weight excluding hydrogens is 457 g/mol. The molecule has 8 heteroatoms. The van der Waals surface area contributed by atoms with E-state index >= 15 is 0 Å². The minimum absolute atomic E-state index is 0. The van der Waals surface area contributed by atoms with Crippen LogP contribution in [0.15, 0.2) is 27.8 Å². The Morgan fingerprint density at radius 3 is 2.52 bits per heavy atom. The van der Waals surface area contributed by atoms with Gasteiger partial charge in [0.1, 0.15) is 0 Å². The lowest BCUT2D eigenvalue weighted by Gasteiger charge is -2.40. The van der Waals surface area contributed by atoms with E-state index in [1.165, 1.54) is 25.5 Å². The Morgan fingerprint density at radius 1 is 1.19 bits per heavy atom. The summed E-state index contributed by atoms with van der Waals surface area (Å²) < 4.78 is 5.07. The first-order valence-corrected chi connectivity index (χ1v) is 9.62. The summed E-state index contributed by atoms with van der Waals surface area (Å²) in [5.74, 6) is 0.906. The molecule has 0 aliphatic carbocycles. The molecule has 0 saturated carbocycles. The zero-order valence-electron chi connectivity index (χ0n) is 16.7. The molecule has 0 bridgehead atoms. The van der Waals surface area contributed by atoms with E-state index in [0.29, 0.717) is 18.8 Å². The van der Waals surface area contributed by atoms with Crippen molar-refractivity contribution < 1.29 is 9.21 Å². The maximum absolute atomic E-state index is 11.8. The van der Waals surface area contributed by atoms with Gasteiger partial charge in [-0.2, -0.15) is 0 Å². The fourth-order valence-electron chi connectivity index (χ4n) is 3.07. The van der Waals surface area contributed by atoms with Crippen molar-refractivity contribution in [2.45, 2.75) is 45.6 Å². The monoisotopic (exact) mass is 491 g/mol. The minimum atomic E-state index is -0.204. The number of rotatable bonds is 8. The van der Waals surface area contributed by atoms with Crippen LogP contribution in [0.4, 0.5) is 0 Å². The fourth-order valence-corrected chi connectivity index (χ4v) is 3.07. The van der Waals surface area contributed by atoms with Crippen LogP contribution < -0.4 is 16.0 Å². The molecule has 154 valence electrons. The molecule has 2 rings (SSSR count). The maximum Gasteiger partial charge on any atom is 0.287 e. The second kappa shape index (κ2) is 12.2. The second-order valence-corrected chi connectivity index (χ2v) is 7.22. The number of hydrogen-bond donors (Lipinski definition) is 3. The summed E-state index contributed by atoms with van der Waals surface area (Å²) in [5, 5.41) is 9.36. The number of amides is 1. The molecule has 0 atom stereocenters. The van der Waals surface area contributed by atoms with Gasteiger partial charge in [0, 0.05) is 25.2 Å². The molecule has 1 aromatic heterocycles. The zero-order chi connectivity index (χ0) is 18.8. The first-order chi connectivity index (χ1) is 12.5. The van der Waals surface area contributed by atoms with Gasteiger partial charge in [0.05, 0.1) is 12.8 Å². The van der Waals surface area contributed by atoms with Crippen LogP contribution >= 0.6 is 24.0 Å². The van der Waals surface area contributed by atoms with Gasteiger partial charge in [-0.25, -0.2) is 0 Å². The molecule has 2 heterocycles. The number of guanidine groups is 1.